The summed E-state index contributed by atoms with van der Waals surface area (Å²) in [5, 5.41) is 40.1. The topological polar surface area (TPSA) is 119 Å². The highest BCUT2D eigenvalue weighted by atomic mass is 16.6. The molecule has 2 aliphatic rings. The molecule has 1 amide bonds. The molecule has 86 valence electrons. The smallest absolute Gasteiger partial charge is 0.408 e. The van der Waals surface area contributed by atoms with Gasteiger partial charge in [-0.25, -0.2) is 4.79 Å². The molecule has 1 heterocycles. The van der Waals surface area contributed by atoms with E-state index in [1.165, 1.54) is 0 Å². The molecule has 2 bridgehead atoms. The van der Waals surface area contributed by atoms with Gasteiger partial charge < -0.3 is 30.5 Å². The standard InChI is InChI=1S/C8H13NO6/c10-2-8-1-3(9-7(14)15-8)4(11)5(12)6(8)13/h3-6,10-13H,1-2H2,(H,9,14)/t3-,4-,5-,6-,8-/m0/s1. The van der Waals surface area contributed by atoms with Crippen LogP contribution in [0.5, 0.6) is 0 Å². The highest BCUT2D eigenvalue weighted by Crippen LogP contribution is 2.35. The third-order valence-electron chi connectivity index (χ3n) is 3.06. The lowest BCUT2D eigenvalue weighted by molar-refractivity contribution is -0.219. The summed E-state index contributed by atoms with van der Waals surface area (Å²) in [6.45, 7) is -0.595. The van der Waals surface area contributed by atoms with Gasteiger partial charge in [0.1, 0.15) is 18.3 Å². The lowest BCUT2D eigenvalue weighted by Crippen LogP contribution is -2.72. The summed E-state index contributed by atoms with van der Waals surface area (Å²) in [4.78, 5) is 11.1. The third-order valence-corrected chi connectivity index (χ3v) is 3.06. The molecule has 1 saturated heterocycles. The highest BCUT2D eigenvalue weighted by molar-refractivity contribution is 5.69. The summed E-state index contributed by atoms with van der Waals surface area (Å²) in [7, 11) is 0. The number of alkyl carbamates (subject to hydrolysis) is 1. The predicted octanol–water partition coefficient (Wildman–Crippen LogP) is -2.69. The molecule has 5 N–H and O–H groups in total. The van der Waals surface area contributed by atoms with Gasteiger partial charge in [-0.1, -0.05) is 0 Å². The fourth-order valence-corrected chi connectivity index (χ4v) is 2.14. The molecule has 2 rings (SSSR count). The van der Waals surface area contributed by atoms with Crippen LogP contribution < -0.4 is 5.32 Å². The average Bonchev–Trinajstić information content (AvgIpc) is 2.23. The molecule has 2 fully saturated rings. The average molecular weight is 219 g/mol. The number of ether oxygens (including phenoxy) is 1. The Morgan fingerprint density at radius 2 is 2.07 bits per heavy atom. The van der Waals surface area contributed by atoms with Crippen LogP contribution in [0.25, 0.3) is 0 Å². The van der Waals surface area contributed by atoms with Crippen molar-refractivity contribution >= 4 is 6.09 Å². The summed E-state index contributed by atoms with van der Waals surface area (Å²) in [5.74, 6) is 0. The maximum Gasteiger partial charge on any atom is 0.408 e. The van der Waals surface area contributed by atoms with Crippen LogP contribution in [0.4, 0.5) is 4.79 Å². The molecule has 0 aromatic carbocycles. The maximum absolute atomic E-state index is 11.1. The first-order valence-electron chi connectivity index (χ1n) is 4.65. The van der Waals surface area contributed by atoms with Gasteiger partial charge in [-0.2, -0.15) is 0 Å². The second kappa shape index (κ2) is 3.31. The van der Waals surface area contributed by atoms with Gasteiger partial charge in [0.25, 0.3) is 0 Å². The zero-order chi connectivity index (χ0) is 11.2. The van der Waals surface area contributed by atoms with Crippen molar-refractivity contribution in [2.45, 2.75) is 36.4 Å². The highest BCUT2D eigenvalue weighted by Gasteiger charge is 2.57. The first-order valence-corrected chi connectivity index (χ1v) is 4.65. The fourth-order valence-electron chi connectivity index (χ4n) is 2.14. The van der Waals surface area contributed by atoms with E-state index in [2.05, 4.69) is 5.32 Å². The van der Waals surface area contributed by atoms with Gasteiger partial charge in [-0.05, 0) is 0 Å². The summed E-state index contributed by atoms with van der Waals surface area (Å²) < 4.78 is 4.80. The van der Waals surface area contributed by atoms with Crippen molar-refractivity contribution < 1.29 is 30.0 Å². The van der Waals surface area contributed by atoms with Crippen LogP contribution in [0.3, 0.4) is 0 Å². The molecule has 0 aromatic rings. The Hall–Kier alpha value is -0.890. The lowest BCUT2D eigenvalue weighted by Gasteiger charge is -2.50. The predicted molar refractivity (Wildman–Crippen MR) is 45.9 cm³/mol. The zero-order valence-electron chi connectivity index (χ0n) is 7.83. The van der Waals surface area contributed by atoms with Crippen molar-refractivity contribution in [3.05, 3.63) is 0 Å². The van der Waals surface area contributed by atoms with E-state index in [0.717, 1.165) is 0 Å². The number of carbonyl (C=O) groups is 1. The Morgan fingerprint density at radius 3 is 2.67 bits per heavy atom. The van der Waals surface area contributed by atoms with E-state index >= 15 is 0 Å². The van der Waals surface area contributed by atoms with Crippen molar-refractivity contribution in [2.24, 2.45) is 0 Å². The Morgan fingerprint density at radius 1 is 1.40 bits per heavy atom. The van der Waals surface area contributed by atoms with Crippen LogP contribution in [0, 0.1) is 0 Å². The van der Waals surface area contributed by atoms with Gasteiger partial charge in [0.2, 0.25) is 0 Å². The number of hydrogen-bond acceptors (Lipinski definition) is 6. The minimum absolute atomic E-state index is 0.0641. The molecule has 7 nitrogen and oxygen atoms in total. The molecule has 1 aliphatic carbocycles. The molecule has 5 atom stereocenters. The molecular weight excluding hydrogens is 206 g/mol. The monoisotopic (exact) mass is 219 g/mol. The first-order chi connectivity index (χ1) is 7.00. The van der Waals surface area contributed by atoms with E-state index in [9.17, 15) is 20.1 Å². The van der Waals surface area contributed by atoms with Crippen molar-refractivity contribution in [3.63, 3.8) is 0 Å². The van der Waals surface area contributed by atoms with Gasteiger partial charge in [0.05, 0.1) is 12.6 Å². The molecule has 0 radical (unpaired) electrons. The minimum Gasteiger partial charge on any atom is -0.438 e. The number of fused-ring (bicyclic) bond motifs is 2. The van der Waals surface area contributed by atoms with Gasteiger partial charge in [-0.15, -0.1) is 0 Å². The van der Waals surface area contributed by atoms with E-state index in [0.29, 0.717) is 0 Å². The van der Waals surface area contributed by atoms with E-state index in [4.69, 9.17) is 9.84 Å². The first kappa shape index (κ1) is 10.6. The Bertz CT molecular complexity index is 284. The molecule has 0 unspecified atom stereocenters. The second-order valence-corrected chi connectivity index (χ2v) is 3.99. The summed E-state index contributed by atoms with van der Waals surface area (Å²) in [5.41, 5.74) is -1.51. The van der Waals surface area contributed by atoms with Crippen LogP contribution in [0.15, 0.2) is 0 Å². The van der Waals surface area contributed by atoms with Crippen LogP contribution in [0.2, 0.25) is 0 Å². The van der Waals surface area contributed by atoms with Crippen molar-refractivity contribution in [1.82, 2.24) is 5.32 Å². The number of hydrogen-bond donors (Lipinski definition) is 5. The molecule has 1 saturated carbocycles. The number of aliphatic hydroxyl groups excluding tert-OH is 4. The van der Waals surface area contributed by atoms with Crippen LogP contribution in [-0.2, 0) is 4.74 Å². The molecular formula is C8H13NO6. The SMILES string of the molecule is O=C1N[C@H]2C[C@@](CO)(O1)[C@@H](O)[C@@H](O)[C@H]2O. The van der Waals surface area contributed by atoms with E-state index < -0.39 is 42.7 Å². The van der Waals surface area contributed by atoms with Crippen LogP contribution in [0.1, 0.15) is 6.42 Å². The largest absolute Gasteiger partial charge is 0.438 e. The van der Waals surface area contributed by atoms with Gasteiger partial charge in [-0.3, -0.25) is 0 Å². The summed E-state index contributed by atoms with van der Waals surface area (Å²) in [6, 6.07) is -0.711. The third kappa shape index (κ3) is 1.39. The van der Waals surface area contributed by atoms with E-state index in [1.807, 2.05) is 0 Å². The molecule has 7 heteroatoms. The van der Waals surface area contributed by atoms with Crippen molar-refractivity contribution in [1.29, 1.82) is 0 Å². The summed E-state index contributed by atoms with van der Waals surface area (Å²) in [6.07, 6.45) is -4.94. The quantitative estimate of drug-likeness (QED) is 0.328. The second-order valence-electron chi connectivity index (χ2n) is 3.99. The number of carbonyl (C=O) groups excluding carboxylic acids is 1. The van der Waals surface area contributed by atoms with E-state index in [1.54, 1.807) is 0 Å². The van der Waals surface area contributed by atoms with Gasteiger partial charge in [0.15, 0.2) is 5.60 Å². The fraction of sp³-hybridized carbons (Fsp3) is 0.875. The number of amides is 1. The van der Waals surface area contributed by atoms with Crippen LogP contribution >= 0.6 is 0 Å². The number of nitrogens with one attached hydrogen (secondary N) is 1. The zero-order valence-corrected chi connectivity index (χ0v) is 7.83. The van der Waals surface area contributed by atoms with Gasteiger partial charge in [0, 0.05) is 6.42 Å². The molecule has 0 aromatic heterocycles. The summed E-state index contributed by atoms with van der Waals surface area (Å²) >= 11 is 0. The Balaban J connectivity index is 2.32. The van der Waals surface area contributed by atoms with Crippen LogP contribution in [-0.4, -0.2) is 63.1 Å². The Kier molecular flexibility index (Phi) is 2.34. The molecule has 0 spiro atoms. The van der Waals surface area contributed by atoms with Crippen molar-refractivity contribution in [2.75, 3.05) is 6.61 Å². The van der Waals surface area contributed by atoms with Gasteiger partial charge >= 0.3 is 6.09 Å². The lowest BCUT2D eigenvalue weighted by atomic mass is 9.75. The normalized spacial score (nSPS) is 49.5. The van der Waals surface area contributed by atoms with Crippen molar-refractivity contribution in [3.8, 4) is 0 Å². The number of aliphatic hydroxyl groups is 4. The molecule has 1 aliphatic heterocycles. The molecule has 15 heavy (non-hydrogen) atoms. The number of rotatable bonds is 1. The minimum atomic E-state index is -1.51. The van der Waals surface area contributed by atoms with E-state index in [-0.39, 0.29) is 6.42 Å². The Labute approximate surface area is 85.3 Å². The maximum atomic E-state index is 11.1.